The highest BCUT2D eigenvalue weighted by atomic mass is 16.6. The van der Waals surface area contributed by atoms with Gasteiger partial charge in [0.1, 0.15) is 11.4 Å². The van der Waals surface area contributed by atoms with Crippen molar-refractivity contribution >= 4 is 28.8 Å². The highest BCUT2D eigenvalue weighted by Crippen LogP contribution is 2.21. The van der Waals surface area contributed by atoms with Gasteiger partial charge >= 0.3 is 6.09 Å². The Morgan fingerprint density at radius 2 is 1.91 bits per heavy atom. The van der Waals surface area contributed by atoms with Gasteiger partial charge in [0.05, 0.1) is 41.1 Å². The first-order valence-corrected chi connectivity index (χ1v) is 11.5. The number of imidazole rings is 1. The fourth-order valence-corrected chi connectivity index (χ4v) is 3.34. The van der Waals surface area contributed by atoms with Crippen molar-refractivity contribution in [2.45, 2.75) is 52.6 Å². The number of rotatable bonds is 7. The van der Waals surface area contributed by atoms with Gasteiger partial charge in [-0.25, -0.2) is 14.8 Å². The van der Waals surface area contributed by atoms with Crippen LogP contribution in [0.4, 0.5) is 16.4 Å². The summed E-state index contributed by atoms with van der Waals surface area (Å²) in [6.07, 6.45) is 7.32. The van der Waals surface area contributed by atoms with Crippen molar-refractivity contribution in [3.05, 3.63) is 60.4 Å². The zero-order chi connectivity index (χ0) is 25.0. The maximum atomic E-state index is 11.8. The first-order valence-electron chi connectivity index (χ1n) is 11.5. The summed E-state index contributed by atoms with van der Waals surface area (Å²) in [5, 5.41) is 14.2. The average molecular weight is 475 g/mol. The minimum Gasteiger partial charge on any atom is -0.444 e. The fraction of sp³-hybridized carbons (Fsp3) is 0.360. The van der Waals surface area contributed by atoms with Gasteiger partial charge in [-0.3, -0.25) is 4.98 Å². The van der Waals surface area contributed by atoms with Gasteiger partial charge in [0.15, 0.2) is 5.82 Å². The molecule has 0 aliphatic rings. The molecular formula is C25H30N8O2. The lowest BCUT2D eigenvalue weighted by molar-refractivity contribution is 0.0528. The lowest BCUT2D eigenvalue weighted by Crippen LogP contribution is -2.33. The monoisotopic (exact) mass is 474 g/mol. The molecule has 4 rings (SSSR count). The molecule has 0 fully saturated rings. The van der Waals surface area contributed by atoms with Gasteiger partial charge in [-0.2, -0.15) is 5.10 Å². The standard InChI is InChI=1S/C25H30N8O2/c1-16(2)17-10-23(32-29-12-17)31-22-7-6-20-21(30-22)11-19(13-27-20)33-14-18(28-15-33)8-9-26-24(34)35-25(3,4)5/h6-7,10-16H,8-9H2,1-5H3,(H,26,34)(H,30,31,32). The summed E-state index contributed by atoms with van der Waals surface area (Å²) in [5.74, 6) is 1.66. The third kappa shape index (κ3) is 6.50. The Labute approximate surface area is 204 Å². The first-order chi connectivity index (χ1) is 16.7. The number of aromatic nitrogens is 6. The number of carbonyl (C=O) groups excluding carboxylic acids is 1. The van der Waals surface area contributed by atoms with Gasteiger partial charge in [-0.15, -0.1) is 5.10 Å². The summed E-state index contributed by atoms with van der Waals surface area (Å²) in [6.45, 7) is 10.1. The summed E-state index contributed by atoms with van der Waals surface area (Å²) in [4.78, 5) is 25.5. The zero-order valence-electron chi connectivity index (χ0n) is 20.6. The number of fused-ring (bicyclic) bond motifs is 1. The van der Waals surface area contributed by atoms with Crippen molar-refractivity contribution in [2.24, 2.45) is 0 Å². The van der Waals surface area contributed by atoms with Crippen LogP contribution in [0.5, 0.6) is 0 Å². The van der Waals surface area contributed by atoms with Crippen molar-refractivity contribution in [1.82, 2.24) is 35.0 Å². The molecule has 182 valence electrons. The Kier molecular flexibility index (Phi) is 6.90. The van der Waals surface area contributed by atoms with E-state index in [0.717, 1.165) is 28.0 Å². The average Bonchev–Trinajstić information content (AvgIpc) is 3.26. The molecule has 10 heteroatoms. The fourth-order valence-electron chi connectivity index (χ4n) is 3.34. The van der Waals surface area contributed by atoms with Gasteiger partial charge in [-0.05, 0) is 56.5 Å². The molecule has 0 aliphatic carbocycles. The molecule has 0 spiro atoms. The van der Waals surface area contributed by atoms with Crippen LogP contribution in [0.25, 0.3) is 16.7 Å². The van der Waals surface area contributed by atoms with E-state index in [9.17, 15) is 4.79 Å². The topological polar surface area (TPSA) is 120 Å². The zero-order valence-corrected chi connectivity index (χ0v) is 20.6. The second-order valence-corrected chi connectivity index (χ2v) is 9.53. The number of alkyl carbamates (subject to hydrolysis) is 1. The van der Waals surface area contributed by atoms with Crippen molar-refractivity contribution in [3.63, 3.8) is 0 Å². The molecule has 4 heterocycles. The number of hydrogen-bond acceptors (Lipinski definition) is 8. The van der Waals surface area contributed by atoms with E-state index < -0.39 is 11.7 Å². The quantitative estimate of drug-likeness (QED) is 0.401. The predicted molar refractivity (Wildman–Crippen MR) is 134 cm³/mol. The maximum absolute atomic E-state index is 11.8. The Morgan fingerprint density at radius 3 is 2.69 bits per heavy atom. The maximum Gasteiger partial charge on any atom is 0.407 e. The second kappa shape index (κ2) is 10.0. The van der Waals surface area contributed by atoms with E-state index >= 15 is 0 Å². The van der Waals surface area contributed by atoms with Gasteiger partial charge in [0.25, 0.3) is 0 Å². The van der Waals surface area contributed by atoms with Crippen LogP contribution in [-0.4, -0.2) is 48.0 Å². The SMILES string of the molecule is CC(C)c1cnnc(Nc2ccc3ncc(-n4cnc(CCNC(=O)OC(C)(C)C)c4)cc3n2)c1. The highest BCUT2D eigenvalue weighted by Gasteiger charge is 2.15. The smallest absolute Gasteiger partial charge is 0.407 e. The summed E-state index contributed by atoms with van der Waals surface area (Å²) in [5.41, 5.74) is 3.77. The Hall–Kier alpha value is -4.08. The van der Waals surface area contributed by atoms with Gasteiger partial charge < -0.3 is 19.9 Å². The van der Waals surface area contributed by atoms with Crippen LogP contribution in [0.3, 0.4) is 0 Å². The summed E-state index contributed by atoms with van der Waals surface area (Å²) < 4.78 is 7.13. The molecule has 2 N–H and O–H groups in total. The van der Waals surface area contributed by atoms with E-state index in [4.69, 9.17) is 9.72 Å². The van der Waals surface area contributed by atoms with E-state index in [1.807, 2.05) is 55.8 Å². The van der Waals surface area contributed by atoms with E-state index in [1.165, 1.54) is 0 Å². The molecule has 0 bridgehead atoms. The molecule has 10 nitrogen and oxygen atoms in total. The van der Waals surface area contributed by atoms with Crippen LogP contribution in [-0.2, 0) is 11.2 Å². The summed E-state index contributed by atoms with van der Waals surface area (Å²) in [6, 6.07) is 7.71. The molecule has 1 amide bonds. The Balaban J connectivity index is 1.44. The van der Waals surface area contributed by atoms with Crippen LogP contribution in [0, 0.1) is 0 Å². The molecule has 0 radical (unpaired) electrons. The Bertz CT molecular complexity index is 1330. The number of nitrogens with zero attached hydrogens (tertiary/aromatic N) is 6. The molecule has 4 aromatic heterocycles. The third-order valence-electron chi connectivity index (χ3n) is 5.10. The van der Waals surface area contributed by atoms with Crippen LogP contribution in [0.2, 0.25) is 0 Å². The molecule has 0 saturated carbocycles. The first kappa shape index (κ1) is 24.1. The molecule has 0 saturated heterocycles. The van der Waals surface area contributed by atoms with Crippen LogP contribution < -0.4 is 10.6 Å². The van der Waals surface area contributed by atoms with E-state index in [2.05, 4.69) is 44.6 Å². The van der Waals surface area contributed by atoms with Crippen molar-refractivity contribution in [2.75, 3.05) is 11.9 Å². The van der Waals surface area contributed by atoms with E-state index in [-0.39, 0.29) is 0 Å². The number of amides is 1. The van der Waals surface area contributed by atoms with Crippen LogP contribution in [0.1, 0.15) is 51.8 Å². The second-order valence-electron chi connectivity index (χ2n) is 9.53. The number of carbonyl (C=O) groups is 1. The molecule has 0 atom stereocenters. The summed E-state index contributed by atoms with van der Waals surface area (Å²) >= 11 is 0. The molecule has 35 heavy (non-hydrogen) atoms. The third-order valence-corrected chi connectivity index (χ3v) is 5.10. The number of nitrogens with one attached hydrogen (secondary N) is 2. The number of ether oxygens (including phenoxy) is 1. The van der Waals surface area contributed by atoms with Gasteiger partial charge in [0, 0.05) is 19.2 Å². The molecule has 0 unspecified atom stereocenters. The van der Waals surface area contributed by atoms with Gasteiger partial charge in [-0.1, -0.05) is 13.8 Å². The van der Waals surface area contributed by atoms with Crippen LogP contribution >= 0.6 is 0 Å². The van der Waals surface area contributed by atoms with Crippen LogP contribution in [0.15, 0.2) is 49.2 Å². The lowest BCUT2D eigenvalue weighted by atomic mass is 10.1. The highest BCUT2D eigenvalue weighted by molar-refractivity contribution is 5.78. The predicted octanol–water partition coefficient (Wildman–Crippen LogP) is 4.54. The van der Waals surface area contributed by atoms with E-state index in [1.54, 1.807) is 18.7 Å². The molecule has 0 aromatic carbocycles. The molecular weight excluding hydrogens is 444 g/mol. The number of hydrogen-bond donors (Lipinski definition) is 2. The minimum absolute atomic E-state index is 0.357. The normalized spacial score (nSPS) is 11.6. The van der Waals surface area contributed by atoms with E-state index in [0.29, 0.717) is 30.5 Å². The van der Waals surface area contributed by atoms with Crippen molar-refractivity contribution in [1.29, 1.82) is 0 Å². The summed E-state index contributed by atoms with van der Waals surface area (Å²) in [7, 11) is 0. The molecule has 0 aliphatic heterocycles. The lowest BCUT2D eigenvalue weighted by Gasteiger charge is -2.19. The minimum atomic E-state index is -0.524. The largest absolute Gasteiger partial charge is 0.444 e. The molecule has 4 aromatic rings. The van der Waals surface area contributed by atoms with Crippen molar-refractivity contribution < 1.29 is 9.53 Å². The van der Waals surface area contributed by atoms with Crippen molar-refractivity contribution in [3.8, 4) is 5.69 Å². The number of pyridine rings is 2. The van der Waals surface area contributed by atoms with Gasteiger partial charge in [0.2, 0.25) is 0 Å². The Morgan fingerprint density at radius 1 is 1.09 bits per heavy atom. The number of anilines is 2.